The lowest BCUT2D eigenvalue weighted by molar-refractivity contribution is 0.595. The Hall–Kier alpha value is -1.65. The summed E-state index contributed by atoms with van der Waals surface area (Å²) in [6, 6.07) is 14.3. The van der Waals surface area contributed by atoms with E-state index in [0.717, 1.165) is 16.7 Å². The van der Waals surface area contributed by atoms with E-state index in [1.807, 2.05) is 43.3 Å². The van der Waals surface area contributed by atoms with Crippen molar-refractivity contribution in [2.45, 2.75) is 24.1 Å². The molecule has 0 aliphatic carbocycles. The number of sulfone groups is 1. The molecule has 0 heterocycles. The highest BCUT2D eigenvalue weighted by Gasteiger charge is 2.16. The van der Waals surface area contributed by atoms with E-state index in [1.54, 1.807) is 12.1 Å². The monoisotopic (exact) mass is 275 g/mol. The van der Waals surface area contributed by atoms with Gasteiger partial charge in [0.2, 0.25) is 0 Å². The molecule has 19 heavy (non-hydrogen) atoms. The van der Waals surface area contributed by atoms with Gasteiger partial charge in [-0.05, 0) is 30.2 Å². The van der Waals surface area contributed by atoms with Gasteiger partial charge in [-0.1, -0.05) is 42.0 Å². The van der Waals surface area contributed by atoms with E-state index in [1.165, 1.54) is 0 Å². The highest BCUT2D eigenvalue weighted by atomic mass is 32.2. The lowest BCUT2D eigenvalue weighted by atomic mass is 10.1. The second-order valence-electron chi connectivity index (χ2n) is 4.54. The van der Waals surface area contributed by atoms with Gasteiger partial charge in [0.25, 0.3) is 0 Å². The van der Waals surface area contributed by atoms with Gasteiger partial charge in [-0.25, -0.2) is 8.42 Å². The Kier molecular flexibility index (Phi) is 4.02. The fourth-order valence-corrected chi connectivity index (χ4v) is 3.34. The predicted molar refractivity (Wildman–Crippen MR) is 76.4 cm³/mol. The summed E-state index contributed by atoms with van der Waals surface area (Å²) in [7, 11) is -3.32. The molecule has 0 aliphatic rings. The number of nitrogens with two attached hydrogens (primary N) is 1. The molecule has 0 saturated heterocycles. The Morgan fingerprint density at radius 1 is 0.947 bits per heavy atom. The molecule has 2 aromatic rings. The zero-order valence-corrected chi connectivity index (χ0v) is 11.7. The van der Waals surface area contributed by atoms with Crippen LogP contribution in [0.25, 0.3) is 0 Å². The van der Waals surface area contributed by atoms with E-state index in [2.05, 4.69) is 0 Å². The summed E-state index contributed by atoms with van der Waals surface area (Å²) < 4.78 is 24.7. The standard InChI is InChI=1S/C15H17NO2S/c1-12-6-8-15(9-7-12)19(17,18)11-14-5-3-2-4-13(14)10-16/h2-9H,10-11,16H2,1H3. The highest BCUT2D eigenvalue weighted by molar-refractivity contribution is 7.90. The lowest BCUT2D eigenvalue weighted by Crippen LogP contribution is -2.09. The topological polar surface area (TPSA) is 60.2 Å². The van der Waals surface area contributed by atoms with Gasteiger partial charge < -0.3 is 5.73 Å². The molecule has 0 spiro atoms. The van der Waals surface area contributed by atoms with Gasteiger partial charge in [0.15, 0.2) is 9.84 Å². The van der Waals surface area contributed by atoms with Crippen LogP contribution in [0, 0.1) is 6.92 Å². The zero-order chi connectivity index (χ0) is 13.9. The number of benzene rings is 2. The fraction of sp³-hybridized carbons (Fsp3) is 0.200. The average molecular weight is 275 g/mol. The molecule has 0 aliphatic heterocycles. The van der Waals surface area contributed by atoms with Crippen LogP contribution in [0.1, 0.15) is 16.7 Å². The van der Waals surface area contributed by atoms with Crippen molar-refractivity contribution >= 4 is 9.84 Å². The van der Waals surface area contributed by atoms with Gasteiger partial charge >= 0.3 is 0 Å². The largest absolute Gasteiger partial charge is 0.326 e. The van der Waals surface area contributed by atoms with Gasteiger partial charge in [0, 0.05) is 6.54 Å². The maximum atomic E-state index is 12.3. The molecule has 0 atom stereocenters. The molecule has 0 radical (unpaired) electrons. The second kappa shape index (κ2) is 5.55. The van der Waals surface area contributed by atoms with Crippen LogP contribution in [0.2, 0.25) is 0 Å². The molecule has 0 unspecified atom stereocenters. The molecule has 0 saturated carbocycles. The van der Waals surface area contributed by atoms with Crippen molar-refractivity contribution in [1.29, 1.82) is 0 Å². The molecule has 0 aromatic heterocycles. The SMILES string of the molecule is Cc1ccc(S(=O)(=O)Cc2ccccc2CN)cc1. The first-order valence-electron chi connectivity index (χ1n) is 6.09. The third-order valence-electron chi connectivity index (χ3n) is 3.06. The Balaban J connectivity index is 2.34. The van der Waals surface area contributed by atoms with E-state index in [9.17, 15) is 8.42 Å². The van der Waals surface area contributed by atoms with Crippen LogP contribution in [-0.4, -0.2) is 8.42 Å². The number of hydrogen-bond donors (Lipinski definition) is 1. The van der Waals surface area contributed by atoms with Crippen LogP contribution in [0.5, 0.6) is 0 Å². The number of aryl methyl sites for hydroxylation is 1. The van der Waals surface area contributed by atoms with E-state index in [4.69, 9.17) is 5.73 Å². The first-order chi connectivity index (χ1) is 9.03. The van der Waals surface area contributed by atoms with Crippen molar-refractivity contribution in [3.8, 4) is 0 Å². The normalized spacial score (nSPS) is 11.5. The predicted octanol–water partition coefficient (Wildman–Crippen LogP) is 2.43. The van der Waals surface area contributed by atoms with Crippen molar-refractivity contribution in [3.05, 3.63) is 65.2 Å². The van der Waals surface area contributed by atoms with Crippen molar-refractivity contribution < 1.29 is 8.42 Å². The van der Waals surface area contributed by atoms with Crippen LogP contribution >= 0.6 is 0 Å². The van der Waals surface area contributed by atoms with Gasteiger partial charge in [0.1, 0.15) is 0 Å². The van der Waals surface area contributed by atoms with Crippen molar-refractivity contribution in [2.24, 2.45) is 5.73 Å². The molecule has 100 valence electrons. The summed E-state index contributed by atoms with van der Waals surface area (Å²) in [5.74, 6) is -0.0105. The molecule has 0 amide bonds. The van der Waals surface area contributed by atoms with Crippen LogP contribution in [0.15, 0.2) is 53.4 Å². The lowest BCUT2D eigenvalue weighted by Gasteiger charge is -2.09. The Morgan fingerprint density at radius 3 is 2.11 bits per heavy atom. The maximum absolute atomic E-state index is 12.3. The summed E-state index contributed by atoms with van der Waals surface area (Å²) in [4.78, 5) is 0.352. The Morgan fingerprint density at radius 2 is 1.53 bits per heavy atom. The van der Waals surface area contributed by atoms with Crippen molar-refractivity contribution in [1.82, 2.24) is 0 Å². The minimum Gasteiger partial charge on any atom is -0.326 e. The molecule has 0 bridgehead atoms. The summed E-state index contributed by atoms with van der Waals surface area (Å²) in [5.41, 5.74) is 8.32. The van der Waals surface area contributed by atoms with Crippen molar-refractivity contribution in [3.63, 3.8) is 0 Å². The van der Waals surface area contributed by atoms with E-state index in [-0.39, 0.29) is 5.75 Å². The summed E-state index contributed by atoms with van der Waals surface area (Å²) in [6.07, 6.45) is 0. The molecule has 0 fully saturated rings. The third kappa shape index (κ3) is 3.22. The molecule has 2 aromatic carbocycles. The first kappa shape index (κ1) is 13.8. The van der Waals surface area contributed by atoms with Gasteiger partial charge in [-0.2, -0.15) is 0 Å². The van der Waals surface area contributed by atoms with Gasteiger partial charge in [-0.3, -0.25) is 0 Å². The van der Waals surface area contributed by atoms with E-state index >= 15 is 0 Å². The second-order valence-corrected chi connectivity index (χ2v) is 6.53. The van der Waals surface area contributed by atoms with Gasteiger partial charge in [0.05, 0.1) is 10.6 Å². The smallest absolute Gasteiger partial charge is 0.182 e. The van der Waals surface area contributed by atoms with Crippen LogP contribution < -0.4 is 5.73 Å². The minimum atomic E-state index is -3.32. The van der Waals surface area contributed by atoms with Gasteiger partial charge in [-0.15, -0.1) is 0 Å². The summed E-state index contributed by atoms with van der Waals surface area (Å²) in [6.45, 7) is 2.28. The van der Waals surface area contributed by atoms with Crippen LogP contribution in [0.4, 0.5) is 0 Å². The van der Waals surface area contributed by atoms with Crippen LogP contribution in [0.3, 0.4) is 0 Å². The maximum Gasteiger partial charge on any atom is 0.182 e. The van der Waals surface area contributed by atoms with Crippen LogP contribution in [-0.2, 0) is 22.1 Å². The molecule has 2 rings (SSSR count). The summed E-state index contributed by atoms with van der Waals surface area (Å²) in [5, 5.41) is 0. The molecule has 3 nitrogen and oxygen atoms in total. The first-order valence-corrected chi connectivity index (χ1v) is 7.74. The molecular weight excluding hydrogens is 258 g/mol. The fourth-order valence-electron chi connectivity index (χ4n) is 1.93. The third-order valence-corrected chi connectivity index (χ3v) is 4.75. The quantitative estimate of drug-likeness (QED) is 0.932. The Bertz CT molecular complexity index is 661. The average Bonchev–Trinajstić information content (AvgIpc) is 2.39. The molecular formula is C15H17NO2S. The zero-order valence-electron chi connectivity index (χ0n) is 10.8. The Labute approximate surface area is 114 Å². The number of rotatable bonds is 4. The molecule has 2 N–H and O–H groups in total. The summed E-state index contributed by atoms with van der Waals surface area (Å²) >= 11 is 0. The van der Waals surface area contributed by atoms with E-state index in [0.29, 0.717) is 11.4 Å². The van der Waals surface area contributed by atoms with E-state index < -0.39 is 9.84 Å². The highest BCUT2D eigenvalue weighted by Crippen LogP contribution is 2.19. The van der Waals surface area contributed by atoms with Crippen molar-refractivity contribution in [2.75, 3.05) is 0 Å². The minimum absolute atomic E-state index is 0.0105. The molecule has 4 heteroatoms. The number of hydrogen-bond acceptors (Lipinski definition) is 3.